The van der Waals surface area contributed by atoms with Gasteiger partial charge in [0.25, 0.3) is 11.7 Å². The Kier molecular flexibility index (Phi) is 6.63. The zero-order valence-electron chi connectivity index (χ0n) is 18.8. The maximum absolute atomic E-state index is 14.9. The zero-order chi connectivity index (χ0) is 24.2. The number of ketones is 1. The van der Waals surface area contributed by atoms with E-state index in [1.165, 1.54) is 37.3 Å². The highest BCUT2D eigenvalue weighted by atomic mass is 19.1. The Morgan fingerprint density at radius 1 is 0.941 bits per heavy atom. The number of rotatable bonds is 7. The number of carbonyl (C=O) groups is 2. The molecule has 0 spiro atoms. The summed E-state index contributed by atoms with van der Waals surface area (Å²) in [6.45, 7) is 0.130. The molecule has 34 heavy (non-hydrogen) atoms. The van der Waals surface area contributed by atoms with Crippen molar-refractivity contribution >= 4 is 17.4 Å². The molecular weight excluding hydrogens is 437 g/mol. The van der Waals surface area contributed by atoms with Gasteiger partial charge < -0.3 is 19.5 Å². The SMILES string of the molecule is COc1ccc(CCN2C(=O)C(=O)C(=C(O)c3ccccc3)[C@@H]2c2ccccc2F)cc1OC. The lowest BCUT2D eigenvalue weighted by Crippen LogP contribution is -2.32. The number of ether oxygens (including phenoxy) is 2. The number of Topliss-reactive ketones (excluding diaryl/α,β-unsaturated/α-hetero) is 1. The quantitative estimate of drug-likeness (QED) is 0.318. The van der Waals surface area contributed by atoms with Crippen molar-refractivity contribution in [3.05, 3.63) is 101 Å². The monoisotopic (exact) mass is 461 g/mol. The van der Waals surface area contributed by atoms with E-state index in [1.54, 1.807) is 48.5 Å². The lowest BCUT2D eigenvalue weighted by molar-refractivity contribution is -0.139. The van der Waals surface area contributed by atoms with Crippen LogP contribution in [-0.4, -0.2) is 42.5 Å². The van der Waals surface area contributed by atoms with E-state index in [2.05, 4.69) is 0 Å². The molecule has 1 saturated heterocycles. The fraction of sp³-hybridized carbons (Fsp3) is 0.185. The average Bonchev–Trinajstić information content (AvgIpc) is 3.12. The van der Waals surface area contributed by atoms with Crippen molar-refractivity contribution < 1.29 is 28.6 Å². The van der Waals surface area contributed by atoms with Gasteiger partial charge in [0.05, 0.1) is 25.8 Å². The van der Waals surface area contributed by atoms with Crippen molar-refractivity contribution in [3.63, 3.8) is 0 Å². The van der Waals surface area contributed by atoms with E-state index < -0.39 is 23.5 Å². The maximum Gasteiger partial charge on any atom is 0.295 e. The molecule has 174 valence electrons. The van der Waals surface area contributed by atoms with Gasteiger partial charge in [-0.3, -0.25) is 9.59 Å². The first kappa shape index (κ1) is 23.0. The van der Waals surface area contributed by atoms with Crippen LogP contribution in [0.2, 0.25) is 0 Å². The number of amides is 1. The van der Waals surface area contributed by atoms with Crippen molar-refractivity contribution in [2.75, 3.05) is 20.8 Å². The van der Waals surface area contributed by atoms with Gasteiger partial charge in [0.1, 0.15) is 11.6 Å². The van der Waals surface area contributed by atoms with Gasteiger partial charge in [0.2, 0.25) is 0 Å². The minimum atomic E-state index is -1.05. The molecule has 0 aliphatic carbocycles. The predicted molar refractivity (Wildman–Crippen MR) is 125 cm³/mol. The number of hydrogen-bond donors (Lipinski definition) is 1. The smallest absolute Gasteiger partial charge is 0.295 e. The van der Waals surface area contributed by atoms with Crippen LogP contribution in [0.4, 0.5) is 4.39 Å². The van der Waals surface area contributed by atoms with E-state index in [9.17, 15) is 19.1 Å². The molecule has 1 amide bonds. The molecule has 1 atom stereocenters. The third kappa shape index (κ3) is 4.24. The van der Waals surface area contributed by atoms with Gasteiger partial charge in [-0.1, -0.05) is 54.6 Å². The van der Waals surface area contributed by atoms with E-state index in [4.69, 9.17) is 9.47 Å². The molecule has 0 bridgehead atoms. The van der Waals surface area contributed by atoms with E-state index in [1.807, 2.05) is 6.07 Å². The Labute approximate surface area is 196 Å². The molecule has 1 heterocycles. The number of aliphatic hydroxyl groups is 1. The summed E-state index contributed by atoms with van der Waals surface area (Å²) in [7, 11) is 3.07. The van der Waals surface area contributed by atoms with Crippen molar-refractivity contribution in [2.24, 2.45) is 0 Å². The predicted octanol–water partition coefficient (Wildman–Crippen LogP) is 4.51. The number of halogens is 1. The van der Waals surface area contributed by atoms with Gasteiger partial charge in [0.15, 0.2) is 11.5 Å². The number of benzene rings is 3. The third-order valence-corrected chi connectivity index (χ3v) is 5.88. The third-order valence-electron chi connectivity index (χ3n) is 5.88. The molecule has 0 radical (unpaired) electrons. The van der Waals surface area contributed by atoms with Gasteiger partial charge in [-0.2, -0.15) is 0 Å². The van der Waals surface area contributed by atoms with Gasteiger partial charge in [0, 0.05) is 17.7 Å². The van der Waals surface area contributed by atoms with Crippen LogP contribution in [0, 0.1) is 5.82 Å². The molecule has 0 aromatic heterocycles. The summed E-state index contributed by atoms with van der Waals surface area (Å²) in [4.78, 5) is 27.4. The Balaban J connectivity index is 1.75. The Bertz CT molecular complexity index is 1250. The summed E-state index contributed by atoms with van der Waals surface area (Å²) in [6.07, 6.45) is 0.379. The fourth-order valence-corrected chi connectivity index (χ4v) is 4.17. The largest absolute Gasteiger partial charge is 0.507 e. The Morgan fingerprint density at radius 3 is 2.29 bits per heavy atom. The number of methoxy groups -OCH3 is 2. The molecule has 1 fully saturated rings. The molecule has 7 heteroatoms. The van der Waals surface area contributed by atoms with Crippen molar-refractivity contribution in [3.8, 4) is 11.5 Å². The van der Waals surface area contributed by atoms with Crippen LogP contribution in [0.25, 0.3) is 5.76 Å². The van der Waals surface area contributed by atoms with Crippen LogP contribution in [0.5, 0.6) is 11.5 Å². The molecule has 0 saturated carbocycles. The molecule has 0 unspecified atom stereocenters. The lowest BCUT2D eigenvalue weighted by atomic mass is 9.95. The van der Waals surface area contributed by atoms with E-state index in [0.29, 0.717) is 23.5 Å². The minimum Gasteiger partial charge on any atom is -0.507 e. The highest BCUT2D eigenvalue weighted by Gasteiger charge is 2.46. The molecule has 1 aliphatic rings. The highest BCUT2D eigenvalue weighted by Crippen LogP contribution is 2.40. The second kappa shape index (κ2) is 9.79. The maximum atomic E-state index is 14.9. The van der Waals surface area contributed by atoms with E-state index >= 15 is 0 Å². The van der Waals surface area contributed by atoms with Crippen molar-refractivity contribution in [1.29, 1.82) is 0 Å². The topological polar surface area (TPSA) is 76.1 Å². The number of carbonyl (C=O) groups excluding carboxylic acids is 2. The molecule has 1 N–H and O–H groups in total. The first-order valence-corrected chi connectivity index (χ1v) is 10.8. The first-order valence-electron chi connectivity index (χ1n) is 10.8. The normalized spacial score (nSPS) is 17.1. The molecule has 4 rings (SSSR count). The summed E-state index contributed by atoms with van der Waals surface area (Å²) < 4.78 is 25.5. The van der Waals surface area contributed by atoms with Crippen LogP contribution >= 0.6 is 0 Å². The number of likely N-dealkylation sites (tertiary alicyclic amines) is 1. The summed E-state index contributed by atoms with van der Waals surface area (Å²) in [5.41, 5.74) is 1.23. The standard InChI is InChI=1S/C27H24FNO5/c1-33-21-13-12-17(16-22(21)34-2)14-15-29-24(19-10-6-7-11-20(19)28)23(26(31)27(29)32)25(30)18-8-4-3-5-9-18/h3-13,16,24,30H,14-15H2,1-2H3/t24-/m0/s1. The van der Waals surface area contributed by atoms with Crippen LogP contribution in [-0.2, 0) is 16.0 Å². The molecule has 1 aliphatic heterocycles. The summed E-state index contributed by atoms with van der Waals surface area (Å²) in [5, 5.41) is 11.0. The van der Waals surface area contributed by atoms with E-state index in [0.717, 1.165) is 5.56 Å². The number of aliphatic hydroxyl groups excluding tert-OH is 1. The second-order valence-electron chi connectivity index (χ2n) is 7.82. The van der Waals surface area contributed by atoms with Crippen LogP contribution in [0.3, 0.4) is 0 Å². The van der Waals surface area contributed by atoms with Gasteiger partial charge in [-0.05, 0) is 30.2 Å². The zero-order valence-corrected chi connectivity index (χ0v) is 18.8. The number of hydrogen-bond acceptors (Lipinski definition) is 5. The average molecular weight is 461 g/mol. The second-order valence-corrected chi connectivity index (χ2v) is 7.82. The van der Waals surface area contributed by atoms with Gasteiger partial charge in [-0.25, -0.2) is 4.39 Å². The number of nitrogens with zero attached hydrogens (tertiary/aromatic N) is 1. The summed E-state index contributed by atoms with van der Waals surface area (Å²) in [6, 6.07) is 18.7. The molecule has 3 aromatic carbocycles. The molecule has 6 nitrogen and oxygen atoms in total. The Hall–Kier alpha value is -4.13. The lowest BCUT2D eigenvalue weighted by Gasteiger charge is -2.25. The highest BCUT2D eigenvalue weighted by molar-refractivity contribution is 6.46. The van der Waals surface area contributed by atoms with Crippen molar-refractivity contribution in [2.45, 2.75) is 12.5 Å². The molecular formula is C27H24FNO5. The van der Waals surface area contributed by atoms with Gasteiger partial charge in [-0.15, -0.1) is 0 Å². The summed E-state index contributed by atoms with van der Waals surface area (Å²) >= 11 is 0. The minimum absolute atomic E-state index is 0.130. The fourth-order valence-electron chi connectivity index (χ4n) is 4.17. The van der Waals surface area contributed by atoms with E-state index in [-0.39, 0.29) is 23.4 Å². The molecule has 3 aromatic rings. The van der Waals surface area contributed by atoms with Crippen LogP contribution in [0.15, 0.2) is 78.4 Å². The van der Waals surface area contributed by atoms with Crippen LogP contribution in [0.1, 0.15) is 22.7 Å². The van der Waals surface area contributed by atoms with Crippen LogP contribution < -0.4 is 9.47 Å². The van der Waals surface area contributed by atoms with Crippen molar-refractivity contribution in [1.82, 2.24) is 4.90 Å². The summed E-state index contributed by atoms with van der Waals surface area (Å²) in [5.74, 6) is -1.42. The Morgan fingerprint density at radius 2 is 1.62 bits per heavy atom. The first-order chi connectivity index (χ1) is 16.5. The van der Waals surface area contributed by atoms with Gasteiger partial charge >= 0.3 is 0 Å².